The van der Waals surface area contributed by atoms with Crippen molar-refractivity contribution in [1.82, 2.24) is 0 Å². The number of sulfone groups is 1. The van der Waals surface area contributed by atoms with Crippen LogP contribution in [0, 0.1) is 0 Å². The van der Waals surface area contributed by atoms with Crippen molar-refractivity contribution >= 4 is 48.1 Å². The highest BCUT2D eigenvalue weighted by Gasteiger charge is 2.21. The van der Waals surface area contributed by atoms with Crippen LogP contribution >= 0.6 is 11.3 Å². The molecule has 0 spiro atoms. The topological polar surface area (TPSA) is 89.5 Å². The molecular formula is C20H19NO5S2. The van der Waals surface area contributed by atoms with Crippen LogP contribution in [0.4, 0.5) is 5.00 Å². The van der Waals surface area contributed by atoms with Crippen molar-refractivity contribution in [3.05, 3.63) is 60.2 Å². The average Bonchev–Trinajstić information content (AvgIpc) is 3.05. The maximum atomic E-state index is 12.3. The molecule has 3 aromatic rings. The summed E-state index contributed by atoms with van der Waals surface area (Å²) in [7, 11) is -2.14. The monoisotopic (exact) mass is 417 g/mol. The van der Waals surface area contributed by atoms with Gasteiger partial charge in [-0.25, -0.2) is 13.2 Å². The molecule has 6 nitrogen and oxygen atoms in total. The Morgan fingerprint density at radius 2 is 1.71 bits per heavy atom. The first-order chi connectivity index (χ1) is 13.4. The fraction of sp³-hybridized carbons (Fsp3) is 0.200. The summed E-state index contributed by atoms with van der Waals surface area (Å²) in [5.41, 5.74) is 0.313. The predicted octanol–water partition coefficient (Wildman–Crippen LogP) is 3.88. The molecule has 0 aliphatic rings. The van der Waals surface area contributed by atoms with Crippen molar-refractivity contribution < 1.29 is 22.7 Å². The molecule has 3 rings (SSSR count). The first-order valence-electron chi connectivity index (χ1n) is 8.60. The summed E-state index contributed by atoms with van der Waals surface area (Å²) in [5, 5.41) is 3.84. The van der Waals surface area contributed by atoms with Gasteiger partial charge in [0.1, 0.15) is 10.6 Å². The molecule has 0 atom stereocenters. The van der Waals surface area contributed by atoms with Gasteiger partial charge in [0, 0.05) is 16.5 Å². The van der Waals surface area contributed by atoms with E-state index in [1.165, 1.54) is 30.6 Å². The van der Waals surface area contributed by atoms with Crippen LogP contribution in [0.1, 0.15) is 23.2 Å². The molecule has 1 heterocycles. The minimum atomic E-state index is -3.43. The summed E-state index contributed by atoms with van der Waals surface area (Å²) in [4.78, 5) is 24.7. The van der Waals surface area contributed by atoms with Gasteiger partial charge < -0.3 is 10.1 Å². The number of hydrogen-bond donors (Lipinski definition) is 1. The second-order valence-electron chi connectivity index (χ2n) is 6.08. The van der Waals surface area contributed by atoms with Gasteiger partial charge in [0.2, 0.25) is 5.91 Å². The number of fused-ring (bicyclic) bond motifs is 1. The number of benzene rings is 2. The van der Waals surface area contributed by atoms with E-state index in [9.17, 15) is 18.0 Å². The van der Waals surface area contributed by atoms with E-state index in [1.54, 1.807) is 24.3 Å². The van der Waals surface area contributed by atoms with Crippen molar-refractivity contribution in [2.24, 2.45) is 0 Å². The molecule has 1 aromatic heterocycles. The number of hydrogen-bond acceptors (Lipinski definition) is 6. The number of nitrogens with one attached hydrogen (secondary N) is 1. The molecule has 0 aliphatic heterocycles. The van der Waals surface area contributed by atoms with Crippen LogP contribution in [-0.4, -0.2) is 33.2 Å². The van der Waals surface area contributed by atoms with Crippen LogP contribution in [-0.2, 0) is 19.4 Å². The summed E-state index contributed by atoms with van der Waals surface area (Å²) in [5.74, 6) is -1.000. The van der Waals surface area contributed by atoms with Crippen LogP contribution in [0.3, 0.4) is 0 Å². The van der Waals surface area contributed by atoms with Crippen LogP contribution < -0.4 is 5.32 Å². The smallest absolute Gasteiger partial charge is 0.341 e. The first kappa shape index (κ1) is 20.0. The maximum Gasteiger partial charge on any atom is 0.341 e. The lowest BCUT2D eigenvalue weighted by Gasteiger charge is -2.07. The van der Waals surface area contributed by atoms with Crippen LogP contribution in [0.5, 0.6) is 0 Å². The number of rotatable bonds is 7. The van der Waals surface area contributed by atoms with E-state index in [4.69, 9.17) is 4.74 Å². The Morgan fingerprint density at radius 1 is 1.04 bits per heavy atom. The van der Waals surface area contributed by atoms with Crippen LogP contribution in [0.15, 0.2) is 59.5 Å². The number of esters is 1. The zero-order valence-electron chi connectivity index (χ0n) is 15.2. The first-order valence-corrected chi connectivity index (χ1v) is 11.1. The number of carbonyl (C=O) groups is 2. The average molecular weight is 418 g/mol. The highest BCUT2D eigenvalue weighted by atomic mass is 32.2. The van der Waals surface area contributed by atoms with Crippen molar-refractivity contribution in [1.29, 1.82) is 0 Å². The quantitative estimate of drug-likeness (QED) is 0.589. The van der Waals surface area contributed by atoms with Crippen LogP contribution in [0.25, 0.3) is 10.1 Å². The molecular weight excluding hydrogens is 398 g/mol. The normalized spacial score (nSPS) is 11.3. The van der Waals surface area contributed by atoms with Gasteiger partial charge in [0.05, 0.1) is 17.8 Å². The molecule has 0 saturated heterocycles. The number of anilines is 1. The second-order valence-corrected chi connectivity index (χ2v) is 9.24. The highest BCUT2D eigenvalue weighted by molar-refractivity contribution is 7.91. The summed E-state index contributed by atoms with van der Waals surface area (Å²) < 4.78 is 30.3. The maximum absolute atomic E-state index is 12.3. The van der Waals surface area contributed by atoms with Crippen molar-refractivity contribution in [3.8, 4) is 0 Å². The number of ether oxygens (including phenoxy) is 1. The zero-order chi connectivity index (χ0) is 20.1. The highest BCUT2D eigenvalue weighted by Crippen LogP contribution is 2.36. The molecule has 0 saturated carbocycles. The Balaban J connectivity index is 1.68. The summed E-state index contributed by atoms with van der Waals surface area (Å²) in [6.45, 7) is 0. The molecule has 0 unspecified atom stereocenters. The van der Waals surface area contributed by atoms with E-state index < -0.39 is 15.8 Å². The molecule has 146 valence electrons. The molecule has 0 radical (unpaired) electrons. The summed E-state index contributed by atoms with van der Waals surface area (Å²) >= 11 is 1.28. The molecule has 0 aliphatic carbocycles. The van der Waals surface area contributed by atoms with E-state index in [-0.39, 0.29) is 29.4 Å². The SMILES string of the molecule is COC(=O)c1c(NC(=O)CCCS(=O)(=O)c2ccccc2)sc2ccccc12. The molecule has 2 aromatic carbocycles. The number of thiophene rings is 1. The standard InChI is InChI=1S/C20H19NO5S2/c1-26-20(23)18-15-10-5-6-11-16(15)27-19(18)21-17(22)12-7-13-28(24,25)14-8-3-2-4-9-14/h2-6,8-11H,7,12-13H2,1H3,(H,21,22). The van der Waals surface area contributed by atoms with Crippen LogP contribution in [0.2, 0.25) is 0 Å². The Bertz CT molecular complexity index is 1100. The second kappa shape index (κ2) is 8.53. The molecule has 1 N–H and O–H groups in total. The fourth-order valence-corrected chi connectivity index (χ4v) is 5.23. The van der Waals surface area contributed by atoms with E-state index in [0.29, 0.717) is 16.0 Å². The molecule has 28 heavy (non-hydrogen) atoms. The predicted molar refractivity (Wildman–Crippen MR) is 110 cm³/mol. The molecule has 8 heteroatoms. The molecule has 0 bridgehead atoms. The largest absolute Gasteiger partial charge is 0.465 e. The molecule has 0 fully saturated rings. The van der Waals surface area contributed by atoms with E-state index in [1.807, 2.05) is 18.2 Å². The minimum absolute atomic E-state index is 0.0287. The third-order valence-electron chi connectivity index (χ3n) is 4.16. The van der Waals surface area contributed by atoms with Gasteiger partial charge >= 0.3 is 5.97 Å². The van der Waals surface area contributed by atoms with E-state index in [0.717, 1.165) is 4.70 Å². The van der Waals surface area contributed by atoms with Crippen molar-refractivity contribution in [2.45, 2.75) is 17.7 Å². The van der Waals surface area contributed by atoms with Gasteiger partial charge in [-0.2, -0.15) is 0 Å². The van der Waals surface area contributed by atoms with Gasteiger partial charge in [0.15, 0.2) is 9.84 Å². The van der Waals surface area contributed by atoms with Crippen molar-refractivity contribution in [3.63, 3.8) is 0 Å². The van der Waals surface area contributed by atoms with Gasteiger partial charge in [-0.15, -0.1) is 11.3 Å². The lowest BCUT2D eigenvalue weighted by Crippen LogP contribution is -2.15. The Hall–Kier alpha value is -2.71. The molecule has 1 amide bonds. The summed E-state index contributed by atoms with van der Waals surface area (Å²) in [6, 6.07) is 15.4. The zero-order valence-corrected chi connectivity index (χ0v) is 16.8. The van der Waals surface area contributed by atoms with Crippen molar-refractivity contribution in [2.75, 3.05) is 18.2 Å². The van der Waals surface area contributed by atoms with Gasteiger partial charge in [-0.1, -0.05) is 36.4 Å². The minimum Gasteiger partial charge on any atom is -0.465 e. The summed E-state index contributed by atoms with van der Waals surface area (Å²) in [6.07, 6.45) is 0.211. The number of amides is 1. The third kappa shape index (κ3) is 4.40. The Morgan fingerprint density at radius 3 is 2.43 bits per heavy atom. The van der Waals surface area contributed by atoms with E-state index >= 15 is 0 Å². The van der Waals surface area contributed by atoms with Gasteiger partial charge in [0.25, 0.3) is 0 Å². The number of methoxy groups -OCH3 is 1. The lowest BCUT2D eigenvalue weighted by atomic mass is 10.1. The Labute approximate surface area is 167 Å². The number of carbonyl (C=O) groups excluding carboxylic acids is 2. The lowest BCUT2D eigenvalue weighted by molar-refractivity contribution is -0.116. The van der Waals surface area contributed by atoms with E-state index in [2.05, 4.69) is 5.32 Å². The van der Waals surface area contributed by atoms with Gasteiger partial charge in [-0.3, -0.25) is 4.79 Å². The third-order valence-corrected chi connectivity index (χ3v) is 7.06. The fourth-order valence-electron chi connectivity index (χ4n) is 2.80. The van der Waals surface area contributed by atoms with Gasteiger partial charge in [-0.05, 0) is 24.6 Å². The Kier molecular flexibility index (Phi) is 6.11.